The lowest BCUT2D eigenvalue weighted by Crippen LogP contribution is -2.20. The molecule has 0 radical (unpaired) electrons. The molecule has 0 aromatic carbocycles. The molecule has 14 heavy (non-hydrogen) atoms. The lowest BCUT2D eigenvalue weighted by molar-refractivity contribution is -0.0433. The van der Waals surface area contributed by atoms with Crippen molar-refractivity contribution < 1.29 is 14.6 Å². The Morgan fingerprint density at radius 3 is 3.07 bits per heavy atom. The van der Waals surface area contributed by atoms with Crippen LogP contribution >= 0.6 is 0 Å². The van der Waals surface area contributed by atoms with Crippen LogP contribution in [0.25, 0.3) is 0 Å². The van der Waals surface area contributed by atoms with Gasteiger partial charge in [-0.25, -0.2) is 0 Å². The predicted octanol–water partition coefficient (Wildman–Crippen LogP) is 1.86. The zero-order valence-corrected chi connectivity index (χ0v) is 8.41. The smallest absolute Gasteiger partial charge is 0.219 e. The topological polar surface area (TPSA) is 38.7 Å². The summed E-state index contributed by atoms with van der Waals surface area (Å²) in [7, 11) is 1.65. The zero-order chi connectivity index (χ0) is 10.1. The lowest BCUT2D eigenvalue weighted by atomic mass is 9.98. The molecule has 2 aliphatic rings. The third-order valence-electron chi connectivity index (χ3n) is 2.50. The normalized spacial score (nSPS) is 26.1. The SMILES string of the molecule is COC1=CCCC2=C1C=C(C)C(O)O2. The van der Waals surface area contributed by atoms with Gasteiger partial charge in [-0.3, -0.25) is 0 Å². The number of ether oxygens (including phenoxy) is 2. The highest BCUT2D eigenvalue weighted by Gasteiger charge is 2.24. The van der Waals surface area contributed by atoms with Gasteiger partial charge in [0.15, 0.2) is 0 Å². The van der Waals surface area contributed by atoms with Crippen molar-refractivity contribution >= 4 is 0 Å². The standard InChI is InChI=1S/C11H14O3/c1-7-6-8-9(13-2)4-3-5-10(8)14-11(7)12/h4,6,11-12H,3,5H2,1-2H3. The molecular formula is C11H14O3. The monoisotopic (exact) mass is 194 g/mol. The Balaban J connectivity index is 2.36. The van der Waals surface area contributed by atoms with E-state index in [2.05, 4.69) is 0 Å². The number of aliphatic hydroxyl groups is 1. The molecule has 0 fully saturated rings. The average Bonchev–Trinajstić information content (AvgIpc) is 2.19. The molecule has 1 aliphatic carbocycles. The molecule has 1 heterocycles. The second kappa shape index (κ2) is 3.50. The molecule has 0 amide bonds. The maximum Gasteiger partial charge on any atom is 0.219 e. The van der Waals surface area contributed by atoms with Gasteiger partial charge < -0.3 is 14.6 Å². The number of methoxy groups -OCH3 is 1. The first-order chi connectivity index (χ1) is 6.72. The highest BCUT2D eigenvalue weighted by Crippen LogP contribution is 2.33. The molecule has 1 aliphatic heterocycles. The van der Waals surface area contributed by atoms with E-state index in [4.69, 9.17) is 9.47 Å². The van der Waals surface area contributed by atoms with Crippen LogP contribution in [0.1, 0.15) is 19.8 Å². The molecule has 1 N–H and O–H groups in total. The maximum absolute atomic E-state index is 9.49. The minimum absolute atomic E-state index is 0.787. The van der Waals surface area contributed by atoms with Gasteiger partial charge in [-0.15, -0.1) is 0 Å². The Bertz CT molecular complexity index is 336. The van der Waals surface area contributed by atoms with E-state index >= 15 is 0 Å². The van der Waals surface area contributed by atoms with Crippen molar-refractivity contribution in [3.8, 4) is 0 Å². The molecule has 0 saturated carbocycles. The quantitative estimate of drug-likeness (QED) is 0.692. The van der Waals surface area contributed by atoms with Crippen LogP contribution < -0.4 is 0 Å². The molecule has 0 aromatic rings. The van der Waals surface area contributed by atoms with Gasteiger partial charge in [0.2, 0.25) is 6.29 Å². The Hall–Kier alpha value is -1.22. The van der Waals surface area contributed by atoms with Gasteiger partial charge in [0, 0.05) is 6.42 Å². The van der Waals surface area contributed by atoms with E-state index in [1.807, 2.05) is 19.1 Å². The van der Waals surface area contributed by atoms with Gasteiger partial charge in [-0.1, -0.05) is 0 Å². The molecule has 2 rings (SSSR count). The first kappa shape index (κ1) is 9.34. The second-order valence-corrected chi connectivity index (χ2v) is 3.51. The predicted molar refractivity (Wildman–Crippen MR) is 52.2 cm³/mol. The summed E-state index contributed by atoms with van der Waals surface area (Å²) in [5, 5.41) is 9.49. The van der Waals surface area contributed by atoms with Crippen molar-refractivity contribution in [2.24, 2.45) is 0 Å². The molecule has 0 aromatic heterocycles. The molecule has 1 atom stereocenters. The second-order valence-electron chi connectivity index (χ2n) is 3.51. The van der Waals surface area contributed by atoms with E-state index in [9.17, 15) is 5.11 Å². The zero-order valence-electron chi connectivity index (χ0n) is 8.41. The molecular weight excluding hydrogens is 180 g/mol. The molecule has 1 unspecified atom stereocenters. The minimum atomic E-state index is -0.787. The molecule has 3 nitrogen and oxygen atoms in total. The van der Waals surface area contributed by atoms with E-state index in [1.165, 1.54) is 0 Å². The average molecular weight is 194 g/mol. The van der Waals surface area contributed by atoms with Crippen LogP contribution in [0.4, 0.5) is 0 Å². The molecule has 0 saturated heterocycles. The van der Waals surface area contributed by atoms with Crippen molar-refractivity contribution in [1.82, 2.24) is 0 Å². The van der Waals surface area contributed by atoms with Gasteiger partial charge in [-0.2, -0.15) is 0 Å². The fourth-order valence-electron chi connectivity index (χ4n) is 1.71. The summed E-state index contributed by atoms with van der Waals surface area (Å²) in [6.07, 6.45) is 4.93. The summed E-state index contributed by atoms with van der Waals surface area (Å²) < 4.78 is 10.6. The van der Waals surface area contributed by atoms with Crippen molar-refractivity contribution in [3.63, 3.8) is 0 Å². The van der Waals surface area contributed by atoms with Crippen LogP contribution in [0, 0.1) is 0 Å². The summed E-state index contributed by atoms with van der Waals surface area (Å²) in [5.74, 6) is 1.68. The maximum atomic E-state index is 9.49. The fraction of sp³-hybridized carbons (Fsp3) is 0.455. The lowest BCUT2D eigenvalue weighted by Gasteiger charge is -2.27. The highest BCUT2D eigenvalue weighted by molar-refractivity contribution is 5.44. The number of hydrogen-bond acceptors (Lipinski definition) is 3. The van der Waals surface area contributed by atoms with E-state index in [0.29, 0.717) is 0 Å². The van der Waals surface area contributed by atoms with Crippen LogP contribution in [-0.4, -0.2) is 18.5 Å². The first-order valence-electron chi connectivity index (χ1n) is 4.73. The Labute approximate surface area is 83.3 Å². The van der Waals surface area contributed by atoms with Crippen molar-refractivity contribution in [1.29, 1.82) is 0 Å². The van der Waals surface area contributed by atoms with Gasteiger partial charge in [-0.05, 0) is 31.1 Å². The molecule has 3 heteroatoms. The van der Waals surface area contributed by atoms with Crippen LogP contribution in [0.15, 0.2) is 34.8 Å². The van der Waals surface area contributed by atoms with Gasteiger partial charge in [0.05, 0.1) is 12.7 Å². The van der Waals surface area contributed by atoms with Crippen molar-refractivity contribution in [3.05, 3.63) is 34.8 Å². The Morgan fingerprint density at radius 1 is 1.57 bits per heavy atom. The minimum Gasteiger partial charge on any atom is -0.496 e. The first-order valence-corrected chi connectivity index (χ1v) is 4.73. The highest BCUT2D eigenvalue weighted by atomic mass is 16.6. The largest absolute Gasteiger partial charge is 0.496 e. The third kappa shape index (κ3) is 1.44. The van der Waals surface area contributed by atoms with E-state index < -0.39 is 6.29 Å². The number of rotatable bonds is 1. The molecule has 76 valence electrons. The van der Waals surface area contributed by atoms with Crippen molar-refractivity contribution in [2.75, 3.05) is 7.11 Å². The van der Waals surface area contributed by atoms with Gasteiger partial charge in [0.1, 0.15) is 11.5 Å². The van der Waals surface area contributed by atoms with Crippen LogP contribution in [0.2, 0.25) is 0 Å². The summed E-state index contributed by atoms with van der Waals surface area (Å²) >= 11 is 0. The Kier molecular flexibility index (Phi) is 2.33. The number of aliphatic hydroxyl groups excluding tert-OH is 1. The van der Waals surface area contributed by atoms with Gasteiger partial charge in [0.25, 0.3) is 0 Å². The summed E-state index contributed by atoms with van der Waals surface area (Å²) in [6.45, 7) is 1.84. The van der Waals surface area contributed by atoms with Crippen LogP contribution in [0.3, 0.4) is 0 Å². The molecule has 0 spiro atoms. The van der Waals surface area contributed by atoms with E-state index in [-0.39, 0.29) is 0 Å². The molecule has 0 bridgehead atoms. The van der Waals surface area contributed by atoms with Crippen LogP contribution in [0.5, 0.6) is 0 Å². The number of hydrogen-bond donors (Lipinski definition) is 1. The Morgan fingerprint density at radius 2 is 2.36 bits per heavy atom. The number of allylic oxidation sites excluding steroid dienone is 3. The van der Waals surface area contributed by atoms with Gasteiger partial charge >= 0.3 is 0 Å². The summed E-state index contributed by atoms with van der Waals surface area (Å²) in [4.78, 5) is 0. The van der Waals surface area contributed by atoms with Crippen molar-refractivity contribution in [2.45, 2.75) is 26.1 Å². The van der Waals surface area contributed by atoms with E-state index in [1.54, 1.807) is 7.11 Å². The van der Waals surface area contributed by atoms with E-state index in [0.717, 1.165) is 35.5 Å². The fourth-order valence-corrected chi connectivity index (χ4v) is 1.71. The summed E-state index contributed by atoms with van der Waals surface area (Å²) in [6, 6.07) is 0. The summed E-state index contributed by atoms with van der Waals surface area (Å²) in [5.41, 5.74) is 1.79. The van der Waals surface area contributed by atoms with Crippen LogP contribution in [-0.2, 0) is 9.47 Å². The third-order valence-corrected chi connectivity index (χ3v) is 2.50.